The van der Waals surface area contributed by atoms with Crippen LogP contribution >= 0.6 is 23.2 Å². The van der Waals surface area contributed by atoms with Crippen LogP contribution in [0.3, 0.4) is 0 Å². The summed E-state index contributed by atoms with van der Waals surface area (Å²) < 4.78 is 0. The Bertz CT molecular complexity index is 438. The van der Waals surface area contributed by atoms with E-state index < -0.39 is 18.2 Å². The van der Waals surface area contributed by atoms with E-state index in [9.17, 15) is 9.90 Å². The summed E-state index contributed by atoms with van der Waals surface area (Å²) in [5.41, 5.74) is -0.875. The summed E-state index contributed by atoms with van der Waals surface area (Å²) in [5.74, 6) is 0. The number of carbonyl (C=O) groups is 1. The minimum absolute atomic E-state index is 0.0728. The fourth-order valence-corrected chi connectivity index (χ4v) is 1.37. The lowest BCUT2D eigenvalue weighted by Crippen LogP contribution is -2.44. The van der Waals surface area contributed by atoms with Crippen molar-refractivity contribution < 1.29 is 15.0 Å². The van der Waals surface area contributed by atoms with Gasteiger partial charge in [-0.1, -0.05) is 23.2 Å². The number of aliphatic hydroxyl groups is 2. The van der Waals surface area contributed by atoms with Crippen molar-refractivity contribution in [2.45, 2.75) is 12.5 Å². The maximum absolute atomic E-state index is 11.5. The topological polar surface area (TPSA) is 81.6 Å². The molecule has 1 aromatic carbocycles. The normalized spacial score (nSPS) is 13.8. The highest BCUT2D eigenvalue weighted by atomic mass is 35.5. The minimum Gasteiger partial charge on any atom is -0.393 e. The molecule has 0 fully saturated rings. The van der Waals surface area contributed by atoms with Gasteiger partial charge in [0.25, 0.3) is 0 Å². The third-order valence-electron chi connectivity index (χ3n) is 2.15. The molecule has 0 spiro atoms. The first-order valence-electron chi connectivity index (χ1n) is 5.17. The molecular weight excluding hydrogens is 279 g/mol. The third kappa shape index (κ3) is 4.70. The fraction of sp³-hybridized carbons (Fsp3) is 0.364. The van der Waals surface area contributed by atoms with Gasteiger partial charge >= 0.3 is 6.03 Å². The maximum Gasteiger partial charge on any atom is 0.319 e. The van der Waals surface area contributed by atoms with Gasteiger partial charge in [-0.3, -0.25) is 0 Å². The molecule has 0 aliphatic heterocycles. The molecule has 100 valence electrons. The van der Waals surface area contributed by atoms with Crippen LogP contribution in [0, 0.1) is 0 Å². The van der Waals surface area contributed by atoms with Crippen LogP contribution in [-0.2, 0) is 0 Å². The molecule has 1 unspecified atom stereocenters. The van der Waals surface area contributed by atoms with Gasteiger partial charge in [0.15, 0.2) is 0 Å². The van der Waals surface area contributed by atoms with E-state index in [2.05, 4.69) is 10.6 Å². The summed E-state index contributed by atoms with van der Waals surface area (Å²) in [6, 6.07) is 4.15. The molecule has 4 N–H and O–H groups in total. The lowest BCUT2D eigenvalue weighted by atomic mass is 10.1. The lowest BCUT2D eigenvalue weighted by Gasteiger charge is -2.20. The van der Waals surface area contributed by atoms with E-state index in [0.29, 0.717) is 15.7 Å². The first-order chi connectivity index (χ1) is 8.34. The number of anilines is 1. The molecule has 0 saturated heterocycles. The molecule has 18 heavy (non-hydrogen) atoms. The Balaban J connectivity index is 2.52. The molecule has 0 aromatic heterocycles. The van der Waals surface area contributed by atoms with Gasteiger partial charge in [0.1, 0.15) is 5.60 Å². The number of amides is 2. The number of benzene rings is 1. The standard InChI is InChI=1S/C11H14Cl2N2O3/c1-11(18,6-16)5-14-10(17)15-7-2-3-8(12)9(13)4-7/h2-4,16,18H,5-6H2,1H3,(H2,14,15,17). The minimum atomic E-state index is -1.35. The van der Waals surface area contributed by atoms with E-state index in [1.165, 1.54) is 13.0 Å². The number of rotatable bonds is 4. The number of aliphatic hydroxyl groups excluding tert-OH is 1. The maximum atomic E-state index is 11.5. The Kier molecular flexibility index (Phi) is 5.22. The van der Waals surface area contributed by atoms with Gasteiger partial charge in [-0.2, -0.15) is 0 Å². The number of urea groups is 1. The Labute approximate surface area is 115 Å². The zero-order chi connectivity index (χ0) is 13.8. The van der Waals surface area contributed by atoms with Gasteiger partial charge < -0.3 is 20.8 Å². The predicted octanol–water partition coefficient (Wildman–Crippen LogP) is 1.86. The van der Waals surface area contributed by atoms with Crippen LogP contribution in [0.2, 0.25) is 10.0 Å². The molecule has 5 nitrogen and oxygen atoms in total. The molecule has 1 aromatic rings. The number of hydrogen-bond donors (Lipinski definition) is 4. The van der Waals surface area contributed by atoms with Gasteiger partial charge in [0.05, 0.1) is 23.2 Å². The van der Waals surface area contributed by atoms with Crippen molar-refractivity contribution in [2.24, 2.45) is 0 Å². The van der Waals surface area contributed by atoms with E-state index in [-0.39, 0.29) is 6.54 Å². The lowest BCUT2D eigenvalue weighted by molar-refractivity contribution is 0.00514. The number of hydrogen-bond acceptors (Lipinski definition) is 3. The molecule has 0 radical (unpaired) electrons. The number of nitrogens with one attached hydrogen (secondary N) is 2. The van der Waals surface area contributed by atoms with Crippen LogP contribution in [0.25, 0.3) is 0 Å². The van der Waals surface area contributed by atoms with Crippen molar-refractivity contribution in [3.05, 3.63) is 28.2 Å². The van der Waals surface area contributed by atoms with Crippen LogP contribution in [-0.4, -0.2) is 35.0 Å². The van der Waals surface area contributed by atoms with Crippen LogP contribution < -0.4 is 10.6 Å². The second-order valence-electron chi connectivity index (χ2n) is 4.09. The summed E-state index contributed by atoms with van der Waals surface area (Å²) in [6.07, 6.45) is 0. The SMILES string of the molecule is CC(O)(CO)CNC(=O)Nc1ccc(Cl)c(Cl)c1. The summed E-state index contributed by atoms with van der Waals surface area (Å²) in [4.78, 5) is 11.5. The molecule has 1 rings (SSSR count). The average molecular weight is 293 g/mol. The second-order valence-corrected chi connectivity index (χ2v) is 4.91. The van der Waals surface area contributed by atoms with Gasteiger partial charge in [-0.05, 0) is 25.1 Å². The first kappa shape index (κ1) is 15.0. The molecule has 2 amide bonds. The molecule has 0 aliphatic carbocycles. The van der Waals surface area contributed by atoms with Crippen molar-refractivity contribution in [1.29, 1.82) is 0 Å². The van der Waals surface area contributed by atoms with E-state index in [1.807, 2.05) is 0 Å². The Morgan fingerprint density at radius 1 is 1.39 bits per heavy atom. The van der Waals surface area contributed by atoms with Crippen molar-refractivity contribution >= 4 is 34.9 Å². The second kappa shape index (κ2) is 6.24. The van der Waals surface area contributed by atoms with Crippen molar-refractivity contribution in [2.75, 3.05) is 18.5 Å². The van der Waals surface area contributed by atoms with Gasteiger partial charge in [-0.25, -0.2) is 4.79 Å². The number of halogens is 2. The highest BCUT2D eigenvalue weighted by Crippen LogP contribution is 2.24. The van der Waals surface area contributed by atoms with Crippen LogP contribution in [0.1, 0.15) is 6.92 Å². The highest BCUT2D eigenvalue weighted by Gasteiger charge is 2.19. The third-order valence-corrected chi connectivity index (χ3v) is 2.89. The van der Waals surface area contributed by atoms with E-state index in [4.69, 9.17) is 28.3 Å². The van der Waals surface area contributed by atoms with E-state index in [0.717, 1.165) is 0 Å². The predicted molar refractivity (Wildman–Crippen MR) is 71.2 cm³/mol. The Morgan fingerprint density at radius 3 is 2.61 bits per heavy atom. The smallest absolute Gasteiger partial charge is 0.319 e. The molecule has 0 bridgehead atoms. The first-order valence-corrected chi connectivity index (χ1v) is 5.93. The molecular formula is C11H14Cl2N2O3. The van der Waals surface area contributed by atoms with Crippen LogP contribution in [0.5, 0.6) is 0 Å². The highest BCUT2D eigenvalue weighted by molar-refractivity contribution is 6.42. The fourth-order valence-electron chi connectivity index (χ4n) is 1.08. The number of carbonyl (C=O) groups excluding carboxylic acids is 1. The quantitative estimate of drug-likeness (QED) is 0.684. The van der Waals surface area contributed by atoms with Gasteiger partial charge in [0, 0.05) is 5.69 Å². The molecule has 0 heterocycles. The monoisotopic (exact) mass is 292 g/mol. The van der Waals surface area contributed by atoms with Crippen LogP contribution in [0.4, 0.5) is 10.5 Å². The van der Waals surface area contributed by atoms with Crippen molar-refractivity contribution in [3.63, 3.8) is 0 Å². The van der Waals surface area contributed by atoms with E-state index in [1.54, 1.807) is 12.1 Å². The Morgan fingerprint density at radius 2 is 2.06 bits per heavy atom. The summed E-state index contributed by atoms with van der Waals surface area (Å²) in [5, 5.41) is 24.0. The van der Waals surface area contributed by atoms with Gasteiger partial charge in [0.2, 0.25) is 0 Å². The van der Waals surface area contributed by atoms with E-state index >= 15 is 0 Å². The Hall–Kier alpha value is -1.01. The summed E-state index contributed by atoms with van der Waals surface area (Å²) in [7, 11) is 0. The average Bonchev–Trinajstić information content (AvgIpc) is 2.32. The zero-order valence-corrected chi connectivity index (χ0v) is 11.2. The summed E-state index contributed by atoms with van der Waals surface area (Å²) in [6.45, 7) is 0.892. The van der Waals surface area contributed by atoms with Gasteiger partial charge in [-0.15, -0.1) is 0 Å². The molecule has 0 saturated carbocycles. The molecule has 0 aliphatic rings. The van der Waals surface area contributed by atoms with Crippen molar-refractivity contribution in [3.8, 4) is 0 Å². The zero-order valence-electron chi connectivity index (χ0n) is 9.70. The van der Waals surface area contributed by atoms with Crippen LogP contribution in [0.15, 0.2) is 18.2 Å². The molecule has 7 heteroatoms. The molecule has 1 atom stereocenters. The summed E-state index contributed by atoms with van der Waals surface area (Å²) >= 11 is 11.5. The largest absolute Gasteiger partial charge is 0.393 e. The van der Waals surface area contributed by atoms with Crippen molar-refractivity contribution in [1.82, 2.24) is 5.32 Å².